The highest BCUT2D eigenvalue weighted by molar-refractivity contribution is 5.88. The van der Waals surface area contributed by atoms with Crippen LogP contribution in [0.25, 0.3) is 0 Å². The molecule has 22 heavy (non-hydrogen) atoms. The molecule has 1 N–H and O–H groups in total. The van der Waals surface area contributed by atoms with Gasteiger partial charge in [-0.2, -0.15) is 4.73 Å². The van der Waals surface area contributed by atoms with Crippen molar-refractivity contribution < 1.29 is 19.1 Å². The maximum Gasteiger partial charge on any atom is 0.405 e. The van der Waals surface area contributed by atoms with Crippen molar-refractivity contribution in [3.63, 3.8) is 0 Å². The molecule has 0 spiro atoms. The summed E-state index contributed by atoms with van der Waals surface area (Å²) >= 11 is 0. The largest absolute Gasteiger partial charge is 0.618 e. The van der Waals surface area contributed by atoms with E-state index in [0.29, 0.717) is 4.73 Å². The van der Waals surface area contributed by atoms with Crippen molar-refractivity contribution in [1.82, 2.24) is 5.32 Å². The summed E-state index contributed by atoms with van der Waals surface area (Å²) in [4.78, 5) is 23.5. The third kappa shape index (κ3) is 4.05. The molecular weight excluding hydrogens is 284 g/mol. The Hall–Kier alpha value is -2.89. The van der Waals surface area contributed by atoms with Crippen LogP contribution >= 0.6 is 0 Å². The summed E-state index contributed by atoms with van der Waals surface area (Å²) < 4.78 is 5.23. The third-order valence-electron chi connectivity index (χ3n) is 3.04. The molecule has 0 aliphatic rings. The van der Waals surface area contributed by atoms with Crippen molar-refractivity contribution in [3.05, 3.63) is 71.2 Å². The number of esters is 1. The zero-order valence-corrected chi connectivity index (χ0v) is 12.1. The Labute approximate surface area is 127 Å². The van der Waals surface area contributed by atoms with Crippen LogP contribution < -0.4 is 10.0 Å². The van der Waals surface area contributed by atoms with Crippen LogP contribution in [0.4, 0.5) is 0 Å². The van der Waals surface area contributed by atoms with E-state index in [0.717, 1.165) is 5.56 Å². The van der Waals surface area contributed by atoms with Crippen molar-refractivity contribution in [2.24, 2.45) is 0 Å². The number of hydrogen-bond acceptors (Lipinski definition) is 4. The summed E-state index contributed by atoms with van der Waals surface area (Å²) in [6.45, 7) is 1.39. The standard InChI is InChI=1S/C16H16N2O4/c1-12(13-7-3-2-4-8-13)17-15(19)11-22-16(20)14-9-5-6-10-18(14)21/h2-10,12H,11H2,1H3,(H,17,19)/t12-/m1/s1. The van der Waals surface area contributed by atoms with E-state index in [9.17, 15) is 14.8 Å². The van der Waals surface area contributed by atoms with Crippen molar-refractivity contribution >= 4 is 11.9 Å². The minimum absolute atomic E-state index is 0.161. The van der Waals surface area contributed by atoms with Gasteiger partial charge in [0.25, 0.3) is 5.91 Å². The summed E-state index contributed by atoms with van der Waals surface area (Å²) in [6, 6.07) is 13.6. The predicted octanol–water partition coefficient (Wildman–Crippen LogP) is 1.35. The maximum absolute atomic E-state index is 11.8. The zero-order valence-electron chi connectivity index (χ0n) is 12.1. The van der Waals surface area contributed by atoms with Gasteiger partial charge in [0.2, 0.25) is 0 Å². The molecule has 0 saturated heterocycles. The number of pyridine rings is 1. The van der Waals surface area contributed by atoms with Gasteiger partial charge in [0.1, 0.15) is 0 Å². The van der Waals surface area contributed by atoms with E-state index in [2.05, 4.69) is 5.32 Å². The molecule has 2 aromatic rings. The van der Waals surface area contributed by atoms with E-state index in [1.807, 2.05) is 37.3 Å². The Bertz CT molecular complexity index is 658. The van der Waals surface area contributed by atoms with Crippen molar-refractivity contribution in [1.29, 1.82) is 0 Å². The first kappa shape index (κ1) is 15.5. The van der Waals surface area contributed by atoms with E-state index in [4.69, 9.17) is 4.74 Å². The van der Waals surface area contributed by atoms with Gasteiger partial charge in [0, 0.05) is 12.1 Å². The lowest BCUT2D eigenvalue weighted by Crippen LogP contribution is -2.36. The lowest BCUT2D eigenvalue weighted by molar-refractivity contribution is -0.608. The van der Waals surface area contributed by atoms with Crippen LogP contribution in [0.15, 0.2) is 54.7 Å². The fourth-order valence-electron chi connectivity index (χ4n) is 1.90. The summed E-state index contributed by atoms with van der Waals surface area (Å²) in [7, 11) is 0. The molecule has 0 bridgehead atoms. The Kier molecular flexibility index (Phi) is 5.08. The second kappa shape index (κ2) is 7.21. The monoisotopic (exact) mass is 300 g/mol. The van der Waals surface area contributed by atoms with E-state index in [1.54, 1.807) is 6.07 Å². The highest BCUT2D eigenvalue weighted by atomic mass is 16.5. The van der Waals surface area contributed by atoms with Gasteiger partial charge in [0.15, 0.2) is 12.8 Å². The topological polar surface area (TPSA) is 82.3 Å². The van der Waals surface area contributed by atoms with Crippen LogP contribution in [-0.2, 0) is 9.53 Å². The molecule has 0 fully saturated rings. The van der Waals surface area contributed by atoms with Crippen molar-refractivity contribution in [3.8, 4) is 0 Å². The normalized spacial score (nSPS) is 11.5. The molecule has 0 saturated carbocycles. The molecule has 1 atom stereocenters. The molecule has 6 nitrogen and oxygen atoms in total. The predicted molar refractivity (Wildman–Crippen MR) is 78.7 cm³/mol. The van der Waals surface area contributed by atoms with E-state index >= 15 is 0 Å². The SMILES string of the molecule is C[C@@H](NC(=O)COC(=O)c1cccc[n+]1[O-])c1ccccc1. The number of carbonyl (C=O) groups excluding carboxylic acids is 2. The second-order valence-corrected chi connectivity index (χ2v) is 4.69. The fraction of sp³-hybridized carbons (Fsp3) is 0.188. The summed E-state index contributed by atoms with van der Waals surface area (Å²) in [5.74, 6) is -1.27. The van der Waals surface area contributed by atoms with Crippen LogP contribution in [-0.4, -0.2) is 18.5 Å². The van der Waals surface area contributed by atoms with Crippen LogP contribution in [0.5, 0.6) is 0 Å². The van der Waals surface area contributed by atoms with Gasteiger partial charge in [-0.05, 0) is 18.6 Å². The number of ether oxygens (including phenoxy) is 1. The number of hydrogen-bond donors (Lipinski definition) is 1. The van der Waals surface area contributed by atoms with Crippen LogP contribution in [0.3, 0.4) is 0 Å². The molecule has 1 aromatic heterocycles. The number of nitrogens with one attached hydrogen (secondary N) is 1. The summed E-state index contributed by atoms with van der Waals surface area (Å²) in [6.07, 6.45) is 1.19. The lowest BCUT2D eigenvalue weighted by Gasteiger charge is -2.14. The van der Waals surface area contributed by atoms with Crippen molar-refractivity contribution in [2.45, 2.75) is 13.0 Å². The average molecular weight is 300 g/mol. The number of aromatic nitrogens is 1. The van der Waals surface area contributed by atoms with Gasteiger partial charge in [-0.1, -0.05) is 30.3 Å². The first-order chi connectivity index (χ1) is 10.6. The molecule has 6 heteroatoms. The van der Waals surface area contributed by atoms with Gasteiger partial charge < -0.3 is 15.3 Å². The van der Waals surface area contributed by atoms with E-state index < -0.39 is 18.5 Å². The van der Waals surface area contributed by atoms with Crippen LogP contribution in [0.1, 0.15) is 29.0 Å². The van der Waals surface area contributed by atoms with Crippen LogP contribution in [0.2, 0.25) is 0 Å². The first-order valence-electron chi connectivity index (χ1n) is 6.77. The lowest BCUT2D eigenvalue weighted by atomic mass is 10.1. The number of carbonyl (C=O) groups is 2. The van der Waals surface area contributed by atoms with Gasteiger partial charge in [0.05, 0.1) is 6.04 Å². The molecule has 2 rings (SSSR count). The zero-order chi connectivity index (χ0) is 15.9. The quantitative estimate of drug-likeness (QED) is 0.513. The van der Waals surface area contributed by atoms with E-state index in [-0.39, 0.29) is 11.7 Å². The van der Waals surface area contributed by atoms with Gasteiger partial charge >= 0.3 is 11.7 Å². The molecule has 1 amide bonds. The van der Waals surface area contributed by atoms with Crippen LogP contribution in [0, 0.1) is 5.21 Å². The Morgan fingerprint density at radius 3 is 2.55 bits per heavy atom. The summed E-state index contributed by atoms with van der Waals surface area (Å²) in [5, 5.41) is 14.1. The maximum atomic E-state index is 11.8. The molecular formula is C16H16N2O4. The Balaban J connectivity index is 1.85. The smallest absolute Gasteiger partial charge is 0.405 e. The average Bonchev–Trinajstić information content (AvgIpc) is 2.54. The molecule has 0 aliphatic carbocycles. The van der Waals surface area contributed by atoms with Gasteiger partial charge in [-0.25, -0.2) is 4.79 Å². The minimum Gasteiger partial charge on any atom is -0.618 e. The number of amides is 1. The number of nitrogens with zero attached hydrogens (tertiary/aromatic N) is 1. The van der Waals surface area contributed by atoms with Crippen molar-refractivity contribution in [2.75, 3.05) is 6.61 Å². The molecule has 0 unspecified atom stereocenters. The van der Waals surface area contributed by atoms with Gasteiger partial charge in [-0.15, -0.1) is 0 Å². The third-order valence-corrected chi connectivity index (χ3v) is 3.04. The molecule has 1 aromatic carbocycles. The number of rotatable bonds is 5. The molecule has 114 valence electrons. The fourth-order valence-corrected chi connectivity index (χ4v) is 1.90. The molecule has 0 radical (unpaired) electrons. The van der Waals surface area contributed by atoms with E-state index in [1.165, 1.54) is 18.3 Å². The number of benzene rings is 1. The molecule has 0 aliphatic heterocycles. The van der Waals surface area contributed by atoms with Gasteiger partial charge in [-0.3, -0.25) is 4.79 Å². The Morgan fingerprint density at radius 2 is 1.86 bits per heavy atom. The second-order valence-electron chi connectivity index (χ2n) is 4.69. The highest BCUT2D eigenvalue weighted by Gasteiger charge is 2.18. The molecule has 1 heterocycles. The summed E-state index contributed by atoms with van der Waals surface area (Å²) in [5.41, 5.74) is 0.786. The first-order valence-corrected chi connectivity index (χ1v) is 6.77. The Morgan fingerprint density at radius 1 is 1.18 bits per heavy atom. The highest BCUT2D eigenvalue weighted by Crippen LogP contribution is 2.10. The minimum atomic E-state index is -0.835.